The summed E-state index contributed by atoms with van der Waals surface area (Å²) in [5.74, 6) is 0. The van der Waals surface area contributed by atoms with Crippen molar-refractivity contribution in [2.75, 3.05) is 0 Å². The fourth-order valence-electron chi connectivity index (χ4n) is 0. The first-order valence-corrected chi connectivity index (χ1v) is 11.7. The summed E-state index contributed by atoms with van der Waals surface area (Å²) in [6, 6.07) is 0. The van der Waals surface area contributed by atoms with Gasteiger partial charge in [-0.1, -0.05) is 0 Å². The molecule has 20 nitrogen and oxygen atoms in total. The van der Waals surface area contributed by atoms with Gasteiger partial charge in [0.2, 0.25) is 0 Å². The Morgan fingerprint density at radius 3 is 0.269 bits per heavy atom. The molecule has 26 heavy (non-hydrogen) atoms. The lowest BCUT2D eigenvalue weighted by Gasteiger charge is -1.82. The number of halogens is 1. The molecule has 0 unspecified atom stereocenters. The molecule has 0 atom stereocenters. The molecule has 0 aromatic rings. The lowest BCUT2D eigenvalue weighted by molar-refractivity contribution is 0.272. The molecular weight excluding hydrogens is 494 g/mol. The summed E-state index contributed by atoms with van der Waals surface area (Å²) in [5, 5.41) is 0. The van der Waals surface area contributed by atoms with Crippen molar-refractivity contribution in [2.45, 2.75) is 0 Å². The van der Waals surface area contributed by atoms with Crippen molar-refractivity contribution in [3.8, 4) is 0 Å². The highest BCUT2D eigenvalue weighted by Crippen LogP contribution is 2.27. The molecule has 0 aromatic heterocycles. The Hall–Kier alpha value is 0.480. The molecule has 0 rings (SSSR count). The summed E-state index contributed by atoms with van der Waals surface area (Å²) in [6.45, 7) is 0. The summed E-state index contributed by atoms with van der Waals surface area (Å²) < 4.78 is 44.4. The number of hydrogen-bond donors (Lipinski definition) is 15. The molecule has 0 saturated heterocycles. The highest BCUT2D eigenvalue weighted by Gasteiger charge is 2.01. The molecule has 0 bridgehead atoms. The van der Waals surface area contributed by atoms with Gasteiger partial charge in [-0.25, -0.2) is 22.8 Å². The molecule has 0 saturated carbocycles. The topological polar surface area (TPSA) is 389 Å². The number of hydrogen-bond acceptors (Lipinski definition) is 5. The third kappa shape index (κ3) is 58600. The van der Waals surface area contributed by atoms with Crippen molar-refractivity contribution in [2.24, 2.45) is 0 Å². The van der Waals surface area contributed by atoms with Gasteiger partial charge in [-0.05, 0) is 0 Å². The minimum Gasteiger partial charge on any atom is -0.303 e. The fourth-order valence-corrected chi connectivity index (χ4v) is 0. The highest BCUT2D eigenvalue weighted by molar-refractivity contribution is 7.46. The molecule has 15 N–H and O–H groups in total. The van der Waals surface area contributed by atoms with Gasteiger partial charge in [0.15, 0.2) is 0 Å². The van der Waals surface area contributed by atoms with Crippen LogP contribution in [-0.4, -0.2) is 73.4 Å². The number of phosphoric acid groups is 5. The smallest absolute Gasteiger partial charge is 0.303 e. The Morgan fingerprint density at radius 2 is 0.269 bits per heavy atom. The van der Waals surface area contributed by atoms with E-state index in [2.05, 4.69) is 0 Å². The Kier molecular flexibility index (Phi) is 25.9. The minimum absolute atomic E-state index is 0. The van der Waals surface area contributed by atoms with Gasteiger partial charge in [-0.3, -0.25) is 4.70 Å². The zero-order valence-electron chi connectivity index (χ0n) is 11.4. The maximum absolute atomic E-state index is 8.88. The molecule has 0 aliphatic carbocycles. The quantitative estimate of drug-likeness (QED) is 0.136. The molecule has 0 aliphatic rings. The normalized spacial score (nSPS) is 11.3. The molecule has 0 spiro atoms. The average Bonchev–Trinajstić information content (AvgIpc) is 1.79. The predicted molar refractivity (Wildman–Crippen MR) is 73.8 cm³/mol. The Bertz CT molecular complexity index is 371. The van der Waals surface area contributed by atoms with E-state index in [-0.39, 0.29) is 4.70 Å². The lowest BCUT2D eigenvalue weighted by atomic mass is 15.8. The first kappa shape index (κ1) is 41.0. The van der Waals surface area contributed by atoms with E-state index in [4.69, 9.17) is 96.2 Å². The van der Waals surface area contributed by atoms with E-state index in [0.717, 1.165) is 0 Å². The van der Waals surface area contributed by atoms with Crippen LogP contribution < -0.4 is 0 Å². The second-order valence-electron chi connectivity index (χ2n) is 2.57. The molecule has 0 aliphatic heterocycles. The van der Waals surface area contributed by atoms with E-state index >= 15 is 0 Å². The van der Waals surface area contributed by atoms with Crippen LogP contribution in [0, 0.1) is 0 Å². The van der Waals surface area contributed by atoms with E-state index < -0.39 is 39.1 Å². The molecule has 0 aromatic carbocycles. The van der Waals surface area contributed by atoms with Crippen molar-refractivity contribution in [1.82, 2.24) is 0 Å². The third-order valence-corrected chi connectivity index (χ3v) is 0. The second-order valence-corrected chi connectivity index (χ2v) is 7.70. The van der Waals surface area contributed by atoms with Gasteiger partial charge >= 0.3 is 39.1 Å². The van der Waals surface area contributed by atoms with Crippen LogP contribution in [0.3, 0.4) is 0 Å². The zero-order chi connectivity index (χ0) is 22.5. The van der Waals surface area contributed by atoms with Gasteiger partial charge in [0, 0.05) is 0 Å². The first-order valence-electron chi connectivity index (χ1n) is 3.91. The first-order chi connectivity index (χ1) is 10.0. The van der Waals surface area contributed by atoms with Crippen LogP contribution in [0.25, 0.3) is 0 Å². The summed E-state index contributed by atoms with van der Waals surface area (Å²) in [4.78, 5) is 108. The Morgan fingerprint density at radius 1 is 0.269 bits per heavy atom. The largest absolute Gasteiger partial charge is 0.466 e. The monoisotopic (exact) mass is 510 g/mol. The van der Waals surface area contributed by atoms with E-state index in [1.807, 2.05) is 0 Å². The van der Waals surface area contributed by atoms with Crippen molar-refractivity contribution in [3.63, 3.8) is 0 Å². The highest BCUT2D eigenvalue weighted by atomic mass is 31.2. The molecule has 26 heteroatoms. The average molecular weight is 510 g/mol. The van der Waals surface area contributed by atoms with Gasteiger partial charge < -0.3 is 73.4 Å². The summed E-state index contributed by atoms with van der Waals surface area (Å²) in [6.07, 6.45) is 0. The van der Waals surface area contributed by atoms with Gasteiger partial charge in [0.05, 0.1) is 0 Å². The van der Waals surface area contributed by atoms with Crippen LogP contribution in [-0.2, 0) is 22.8 Å². The van der Waals surface area contributed by atoms with Crippen LogP contribution in [0.5, 0.6) is 0 Å². The summed E-state index contributed by atoms with van der Waals surface area (Å²) in [7, 11) is -23.2. The minimum atomic E-state index is -4.64. The molecular formula is H16FO20P5. The maximum atomic E-state index is 8.88. The predicted octanol–water partition coefficient (Wildman–Crippen LogP) is -4.49. The van der Waals surface area contributed by atoms with Crippen LogP contribution in [0.2, 0.25) is 0 Å². The molecule has 0 fully saturated rings. The summed E-state index contributed by atoms with van der Waals surface area (Å²) in [5.41, 5.74) is 0. The maximum Gasteiger partial charge on any atom is 0.466 e. The zero-order valence-corrected chi connectivity index (χ0v) is 15.9. The standard InChI is InChI=1S/FH.5H3O4P/c;5*1-5(2,3)4/h1H;5*(H3,1,2,3,4). The van der Waals surface area contributed by atoms with E-state index in [1.54, 1.807) is 0 Å². The van der Waals surface area contributed by atoms with Gasteiger partial charge in [0.25, 0.3) is 0 Å². The SMILES string of the molecule is F.O=P(O)(O)O.O=P(O)(O)O.O=P(O)(O)O.O=P(O)(O)O.O=P(O)(O)O. The van der Waals surface area contributed by atoms with Crippen molar-refractivity contribution in [1.29, 1.82) is 0 Å². The van der Waals surface area contributed by atoms with E-state index in [9.17, 15) is 0 Å². The molecule has 168 valence electrons. The van der Waals surface area contributed by atoms with Crippen molar-refractivity contribution < 1.29 is 101 Å². The van der Waals surface area contributed by atoms with Crippen molar-refractivity contribution >= 4 is 39.1 Å². The van der Waals surface area contributed by atoms with Crippen LogP contribution in [0.1, 0.15) is 0 Å². The van der Waals surface area contributed by atoms with Gasteiger partial charge in [-0.15, -0.1) is 0 Å². The fraction of sp³-hybridized carbons (Fsp3) is 0. The number of rotatable bonds is 0. The Labute approximate surface area is 141 Å². The van der Waals surface area contributed by atoms with Gasteiger partial charge in [0.1, 0.15) is 0 Å². The summed E-state index contributed by atoms with van der Waals surface area (Å²) >= 11 is 0. The van der Waals surface area contributed by atoms with E-state index in [1.165, 1.54) is 0 Å². The third-order valence-electron chi connectivity index (χ3n) is 0. The lowest BCUT2D eigenvalue weighted by Crippen LogP contribution is -1.66. The molecule has 0 radical (unpaired) electrons. The molecule has 0 amide bonds. The van der Waals surface area contributed by atoms with Crippen LogP contribution in [0.15, 0.2) is 0 Å². The van der Waals surface area contributed by atoms with Crippen LogP contribution in [0.4, 0.5) is 4.70 Å². The van der Waals surface area contributed by atoms with Gasteiger partial charge in [-0.2, -0.15) is 0 Å². The van der Waals surface area contributed by atoms with Crippen molar-refractivity contribution in [3.05, 3.63) is 0 Å². The second kappa shape index (κ2) is 16.4. The van der Waals surface area contributed by atoms with Crippen LogP contribution >= 0.6 is 39.1 Å². The molecule has 0 heterocycles. The van der Waals surface area contributed by atoms with E-state index in [0.29, 0.717) is 0 Å². The Balaban J connectivity index is -0.0000000476.